The Bertz CT molecular complexity index is 677. The summed E-state index contributed by atoms with van der Waals surface area (Å²) >= 11 is 0. The number of methoxy groups -OCH3 is 1. The molecule has 2 rings (SSSR count). The van der Waals surface area contributed by atoms with Gasteiger partial charge in [-0.25, -0.2) is 19.0 Å². The predicted octanol–water partition coefficient (Wildman–Crippen LogP) is 0.841. The van der Waals surface area contributed by atoms with Crippen molar-refractivity contribution in [2.75, 3.05) is 20.2 Å². The van der Waals surface area contributed by atoms with E-state index in [0.717, 1.165) is 5.69 Å². The number of esters is 1. The van der Waals surface area contributed by atoms with Crippen molar-refractivity contribution in [3.05, 3.63) is 18.2 Å². The molecule has 0 saturated heterocycles. The summed E-state index contributed by atoms with van der Waals surface area (Å²) in [4.78, 5) is 37.9. The maximum absolute atomic E-state index is 12.7. The number of ether oxygens (including phenoxy) is 2. The molecule has 26 heavy (non-hydrogen) atoms. The van der Waals surface area contributed by atoms with Crippen molar-refractivity contribution in [1.82, 2.24) is 14.8 Å². The second kappa shape index (κ2) is 8.20. The molecule has 2 heterocycles. The van der Waals surface area contributed by atoms with Crippen LogP contribution in [0.3, 0.4) is 0 Å². The molecule has 0 radical (unpaired) electrons. The molecule has 0 aromatic carbocycles. The molecule has 0 bridgehead atoms. The lowest BCUT2D eigenvalue weighted by Crippen LogP contribution is -2.54. The van der Waals surface area contributed by atoms with Gasteiger partial charge in [0.2, 0.25) is 0 Å². The summed E-state index contributed by atoms with van der Waals surface area (Å²) in [6.07, 6.45) is 3.23. The van der Waals surface area contributed by atoms with E-state index in [0.29, 0.717) is 6.42 Å². The first kappa shape index (κ1) is 21.5. The summed E-state index contributed by atoms with van der Waals surface area (Å²) < 4.78 is 13.2. The molecule has 1 N–H and O–H groups in total. The first-order chi connectivity index (χ1) is 11.6. The number of fused-ring (bicyclic) bond motifs is 1. The van der Waals surface area contributed by atoms with E-state index in [1.165, 1.54) is 16.6 Å². The van der Waals surface area contributed by atoms with Crippen LogP contribution in [0.15, 0.2) is 12.5 Å². The average Bonchev–Trinajstić information content (AvgIpc) is 2.87. The maximum atomic E-state index is 12.7. The van der Waals surface area contributed by atoms with Crippen LogP contribution >= 0.6 is 0 Å². The summed E-state index contributed by atoms with van der Waals surface area (Å²) in [5.41, 5.74) is 0.133. The van der Waals surface area contributed by atoms with Crippen LogP contribution < -0.4 is 9.88 Å². The summed E-state index contributed by atoms with van der Waals surface area (Å²) in [5, 5.41) is 2.59. The number of carbonyl (C=O) groups is 3. The summed E-state index contributed by atoms with van der Waals surface area (Å²) in [7, 11) is 3.09. The van der Waals surface area contributed by atoms with E-state index in [9.17, 15) is 14.4 Å². The molecule has 9 heteroatoms. The van der Waals surface area contributed by atoms with Gasteiger partial charge in [0.25, 0.3) is 6.33 Å². The van der Waals surface area contributed by atoms with Crippen molar-refractivity contribution in [3.63, 3.8) is 0 Å². The quantitative estimate of drug-likeness (QED) is 0.627. The molecule has 9 nitrogen and oxygen atoms in total. The van der Waals surface area contributed by atoms with Crippen LogP contribution in [0.2, 0.25) is 0 Å². The third-order valence-electron chi connectivity index (χ3n) is 3.68. The Kier molecular flexibility index (Phi) is 6.77. The highest BCUT2D eigenvalue weighted by molar-refractivity contribution is 5.87. The number of hydrogen-bond acceptors (Lipinski definition) is 5. The van der Waals surface area contributed by atoms with Crippen LogP contribution in [0.5, 0.6) is 0 Å². The molecule has 0 aliphatic carbocycles. The number of aromatic nitrogens is 2. The largest absolute Gasteiger partial charge is 0.467 e. The maximum Gasteiger partial charge on any atom is 0.416 e. The van der Waals surface area contributed by atoms with Crippen molar-refractivity contribution in [2.45, 2.75) is 46.3 Å². The highest BCUT2D eigenvalue weighted by Crippen LogP contribution is 2.18. The van der Waals surface area contributed by atoms with Crippen molar-refractivity contribution in [2.24, 2.45) is 7.05 Å². The van der Waals surface area contributed by atoms with Gasteiger partial charge in [0.05, 0.1) is 14.2 Å². The number of nitrogens with one attached hydrogen (secondary N) is 1. The van der Waals surface area contributed by atoms with Crippen LogP contribution in [-0.2, 0) is 27.7 Å². The van der Waals surface area contributed by atoms with Crippen molar-refractivity contribution in [3.8, 4) is 0 Å². The molecule has 1 aromatic rings. The number of hydrogen-bond donors (Lipinski definition) is 1. The van der Waals surface area contributed by atoms with Gasteiger partial charge in [0.15, 0.2) is 5.69 Å². The summed E-state index contributed by atoms with van der Waals surface area (Å²) in [6, 6.07) is -1.05. The molecule has 0 saturated carbocycles. The Morgan fingerprint density at radius 2 is 2.04 bits per heavy atom. The monoisotopic (exact) mass is 369 g/mol. The standard InChI is InChI=1S/C16H24N4O5.CH4/c1-16(2,3)25-14(22)17-6-7-19-12(13(21)24-5)8-11-9-18(4)10-20(11)15(19)23;/h9-10,12H,6-8H2,1-5H3;1H4/p+1/t12-;/m0./s1. The smallest absolute Gasteiger partial charge is 0.416 e. The van der Waals surface area contributed by atoms with Gasteiger partial charge < -0.3 is 14.8 Å². The lowest BCUT2D eigenvalue weighted by atomic mass is 10.1. The van der Waals surface area contributed by atoms with Crippen LogP contribution in [0.1, 0.15) is 33.9 Å². The molecular weight excluding hydrogens is 340 g/mol. The second-order valence-corrected chi connectivity index (χ2v) is 6.92. The second-order valence-electron chi connectivity index (χ2n) is 6.92. The minimum Gasteiger partial charge on any atom is -0.467 e. The van der Waals surface area contributed by atoms with Gasteiger partial charge in [-0.05, 0) is 20.8 Å². The molecule has 1 aliphatic heterocycles. The first-order valence-electron chi connectivity index (χ1n) is 8.04. The van der Waals surface area contributed by atoms with Gasteiger partial charge in [-0.3, -0.25) is 4.90 Å². The predicted molar refractivity (Wildman–Crippen MR) is 93.6 cm³/mol. The number of amides is 2. The highest BCUT2D eigenvalue weighted by Gasteiger charge is 2.41. The van der Waals surface area contributed by atoms with E-state index in [1.807, 2.05) is 0 Å². The van der Waals surface area contributed by atoms with Gasteiger partial charge in [-0.2, -0.15) is 0 Å². The van der Waals surface area contributed by atoms with Crippen LogP contribution in [0.25, 0.3) is 0 Å². The zero-order chi connectivity index (χ0) is 18.8. The molecule has 1 aromatic heterocycles. The van der Waals surface area contributed by atoms with Crippen molar-refractivity contribution in [1.29, 1.82) is 0 Å². The van der Waals surface area contributed by atoms with Crippen molar-refractivity contribution >= 4 is 18.1 Å². The SMILES string of the molecule is C.COC(=O)[C@@H]1Cc2c[n+](C)cn2C(=O)N1CCNC(=O)OC(C)(C)C. The third kappa shape index (κ3) is 4.96. The van der Waals surface area contributed by atoms with Gasteiger partial charge in [0.1, 0.15) is 17.8 Å². The van der Waals surface area contributed by atoms with E-state index < -0.39 is 23.7 Å². The zero-order valence-corrected chi connectivity index (χ0v) is 15.2. The highest BCUT2D eigenvalue weighted by atomic mass is 16.6. The Morgan fingerprint density at radius 3 is 2.62 bits per heavy atom. The average molecular weight is 369 g/mol. The van der Waals surface area contributed by atoms with Gasteiger partial charge >= 0.3 is 18.1 Å². The minimum atomic E-state index is -0.722. The Balaban J connectivity index is 0.00000338. The van der Waals surface area contributed by atoms with E-state index >= 15 is 0 Å². The minimum absolute atomic E-state index is 0. The van der Waals surface area contributed by atoms with E-state index in [2.05, 4.69) is 5.32 Å². The summed E-state index contributed by atoms with van der Waals surface area (Å²) in [6.45, 7) is 5.63. The van der Waals surface area contributed by atoms with E-state index in [4.69, 9.17) is 9.47 Å². The number of alkyl carbamates (subject to hydrolysis) is 1. The van der Waals surface area contributed by atoms with Gasteiger partial charge in [0, 0.05) is 19.5 Å². The van der Waals surface area contributed by atoms with Crippen molar-refractivity contribution < 1.29 is 28.4 Å². The molecule has 146 valence electrons. The number of rotatable bonds is 4. The van der Waals surface area contributed by atoms with Crippen LogP contribution in [0.4, 0.5) is 9.59 Å². The number of carbonyl (C=O) groups excluding carboxylic acids is 3. The number of imidazole rings is 1. The first-order valence-corrected chi connectivity index (χ1v) is 8.04. The fourth-order valence-corrected chi connectivity index (χ4v) is 2.68. The molecule has 1 atom stereocenters. The lowest BCUT2D eigenvalue weighted by molar-refractivity contribution is -0.670. The fraction of sp³-hybridized carbons (Fsp3) is 0.647. The Morgan fingerprint density at radius 1 is 1.38 bits per heavy atom. The molecule has 1 aliphatic rings. The van der Waals surface area contributed by atoms with E-state index in [-0.39, 0.29) is 26.5 Å². The molecule has 2 amide bonds. The van der Waals surface area contributed by atoms with Crippen LogP contribution in [0, 0.1) is 0 Å². The zero-order valence-electron chi connectivity index (χ0n) is 15.2. The Labute approximate surface area is 153 Å². The number of nitrogens with zero attached hydrogens (tertiary/aromatic N) is 3. The Hall–Kier alpha value is -2.58. The van der Waals surface area contributed by atoms with Gasteiger partial charge in [-0.15, -0.1) is 4.57 Å². The molecule has 0 unspecified atom stereocenters. The fourth-order valence-electron chi connectivity index (χ4n) is 2.68. The third-order valence-corrected chi connectivity index (χ3v) is 3.68. The molecule has 0 spiro atoms. The number of aryl methyl sites for hydroxylation is 1. The lowest BCUT2D eigenvalue weighted by Gasteiger charge is -2.31. The summed E-state index contributed by atoms with van der Waals surface area (Å²) in [5.74, 6) is -0.485. The topological polar surface area (TPSA) is 93.8 Å². The van der Waals surface area contributed by atoms with Crippen LogP contribution in [-0.4, -0.2) is 59.4 Å². The molecule has 0 fully saturated rings. The normalized spacial score (nSPS) is 16.4. The van der Waals surface area contributed by atoms with Gasteiger partial charge in [-0.1, -0.05) is 7.43 Å². The van der Waals surface area contributed by atoms with E-state index in [1.54, 1.807) is 44.9 Å². The molecular formula is C17H29N4O5+.